The van der Waals surface area contributed by atoms with E-state index >= 15 is 0 Å². The van der Waals surface area contributed by atoms with Crippen LogP contribution in [-0.2, 0) is 11.2 Å². The smallest absolute Gasteiger partial charge is 0.242 e. The first-order valence-electron chi connectivity index (χ1n) is 9.03. The molecule has 1 aromatic carbocycles. The molecule has 5 nitrogen and oxygen atoms in total. The maximum atomic E-state index is 13.2. The lowest BCUT2D eigenvalue weighted by molar-refractivity contribution is -0.131. The maximum absolute atomic E-state index is 13.2. The van der Waals surface area contributed by atoms with Crippen LogP contribution in [0.4, 0.5) is 4.39 Å². The minimum Gasteiger partial charge on any atom is -0.357 e. The van der Waals surface area contributed by atoms with Crippen LogP contribution in [0, 0.1) is 5.82 Å². The zero-order chi connectivity index (χ0) is 18.7. The molecule has 140 valence electrons. The Balaban J connectivity index is 2.55. The van der Waals surface area contributed by atoms with Gasteiger partial charge in [-0.2, -0.15) is 0 Å². The van der Waals surface area contributed by atoms with Gasteiger partial charge < -0.3 is 15.1 Å². The summed E-state index contributed by atoms with van der Waals surface area (Å²) in [5.74, 6) is 0.615. The molecule has 0 aliphatic rings. The van der Waals surface area contributed by atoms with E-state index < -0.39 is 0 Å². The number of nitrogens with zero attached hydrogens (tertiary/aromatic N) is 3. The molecule has 1 rings (SSSR count). The molecule has 0 atom stereocenters. The van der Waals surface area contributed by atoms with Crippen molar-refractivity contribution in [2.75, 3.05) is 39.8 Å². The van der Waals surface area contributed by atoms with Crippen LogP contribution in [0.5, 0.6) is 0 Å². The Labute approximate surface area is 150 Å². The number of amides is 1. The Hall–Kier alpha value is -2.11. The van der Waals surface area contributed by atoms with E-state index in [0.717, 1.165) is 30.9 Å². The summed E-state index contributed by atoms with van der Waals surface area (Å²) in [5.41, 5.74) is 0.977. The Morgan fingerprint density at radius 1 is 1.24 bits per heavy atom. The number of hydrogen-bond acceptors (Lipinski definition) is 2. The Morgan fingerprint density at radius 3 is 2.56 bits per heavy atom. The molecule has 0 bridgehead atoms. The highest BCUT2D eigenvalue weighted by Gasteiger charge is 2.14. The molecule has 0 heterocycles. The molecule has 0 spiro atoms. The first kappa shape index (κ1) is 20.9. The van der Waals surface area contributed by atoms with Crippen molar-refractivity contribution < 1.29 is 9.18 Å². The van der Waals surface area contributed by atoms with E-state index in [4.69, 9.17) is 0 Å². The number of carbonyl (C=O) groups excluding carboxylic acids is 1. The second-order valence-corrected chi connectivity index (χ2v) is 5.89. The average Bonchev–Trinajstić information content (AvgIpc) is 2.58. The minimum absolute atomic E-state index is 0.0952. The third kappa shape index (κ3) is 7.54. The summed E-state index contributed by atoms with van der Waals surface area (Å²) < 4.78 is 13.2. The lowest BCUT2D eigenvalue weighted by Crippen LogP contribution is -2.45. The number of aryl methyl sites for hydroxylation is 1. The predicted molar refractivity (Wildman–Crippen MR) is 101 cm³/mol. The predicted octanol–water partition coefficient (Wildman–Crippen LogP) is 2.52. The van der Waals surface area contributed by atoms with Crippen LogP contribution in [0.1, 0.15) is 32.8 Å². The van der Waals surface area contributed by atoms with Crippen molar-refractivity contribution in [3.63, 3.8) is 0 Å². The van der Waals surface area contributed by atoms with Crippen LogP contribution >= 0.6 is 0 Å². The van der Waals surface area contributed by atoms with Gasteiger partial charge in [-0.25, -0.2) is 4.39 Å². The van der Waals surface area contributed by atoms with Crippen molar-refractivity contribution in [3.8, 4) is 0 Å². The Morgan fingerprint density at radius 2 is 1.96 bits per heavy atom. The monoisotopic (exact) mass is 350 g/mol. The molecule has 0 saturated carbocycles. The van der Waals surface area contributed by atoms with Crippen LogP contribution in [0.3, 0.4) is 0 Å². The van der Waals surface area contributed by atoms with E-state index in [1.807, 2.05) is 43.7 Å². The van der Waals surface area contributed by atoms with Gasteiger partial charge in [-0.3, -0.25) is 9.79 Å². The summed E-state index contributed by atoms with van der Waals surface area (Å²) in [6.45, 7) is 9.06. The lowest BCUT2D eigenvalue weighted by Gasteiger charge is -2.25. The number of halogens is 1. The van der Waals surface area contributed by atoms with Gasteiger partial charge in [0.1, 0.15) is 5.82 Å². The summed E-state index contributed by atoms with van der Waals surface area (Å²) >= 11 is 0. The third-order valence-corrected chi connectivity index (χ3v) is 3.96. The van der Waals surface area contributed by atoms with Crippen molar-refractivity contribution >= 4 is 11.9 Å². The van der Waals surface area contributed by atoms with Gasteiger partial charge in [-0.1, -0.05) is 12.1 Å². The van der Waals surface area contributed by atoms with Gasteiger partial charge in [0.05, 0.1) is 6.54 Å². The molecule has 0 fully saturated rings. The molecule has 1 aromatic rings. The molecule has 0 radical (unpaired) electrons. The van der Waals surface area contributed by atoms with E-state index in [2.05, 4.69) is 10.3 Å². The van der Waals surface area contributed by atoms with Gasteiger partial charge in [-0.05, 0) is 51.3 Å². The summed E-state index contributed by atoms with van der Waals surface area (Å²) in [4.78, 5) is 20.5. The highest BCUT2D eigenvalue weighted by Crippen LogP contribution is 2.06. The summed E-state index contributed by atoms with van der Waals surface area (Å²) in [6.07, 6.45) is 1.61. The molecule has 0 aromatic heterocycles. The summed E-state index contributed by atoms with van der Waals surface area (Å²) in [5, 5.41) is 3.22. The third-order valence-electron chi connectivity index (χ3n) is 3.96. The molecule has 0 aliphatic heterocycles. The average molecular weight is 350 g/mol. The molecular formula is C19H31FN4O. The van der Waals surface area contributed by atoms with Gasteiger partial charge in [0.15, 0.2) is 5.96 Å². The lowest BCUT2D eigenvalue weighted by atomic mass is 10.1. The fourth-order valence-electron chi connectivity index (χ4n) is 2.58. The first-order chi connectivity index (χ1) is 12.0. The van der Waals surface area contributed by atoms with Crippen molar-refractivity contribution in [2.24, 2.45) is 4.99 Å². The number of aliphatic imine (C=N–C) groups is 1. The van der Waals surface area contributed by atoms with Gasteiger partial charge >= 0.3 is 0 Å². The summed E-state index contributed by atoms with van der Waals surface area (Å²) in [6, 6.07) is 6.66. The van der Waals surface area contributed by atoms with Crippen molar-refractivity contribution in [1.29, 1.82) is 0 Å². The maximum Gasteiger partial charge on any atom is 0.242 e. The number of nitrogens with one attached hydrogen (secondary N) is 1. The Kier molecular flexibility index (Phi) is 9.58. The number of guanidine groups is 1. The summed E-state index contributed by atoms with van der Waals surface area (Å²) in [7, 11) is 1.87. The normalized spacial score (nSPS) is 11.3. The number of hydrogen-bond donors (Lipinski definition) is 1. The topological polar surface area (TPSA) is 47.9 Å². The molecule has 6 heteroatoms. The van der Waals surface area contributed by atoms with Crippen molar-refractivity contribution in [3.05, 3.63) is 35.6 Å². The van der Waals surface area contributed by atoms with E-state index in [9.17, 15) is 9.18 Å². The standard InChI is InChI=1S/C19H31FN4O/c1-5-21-19(23(4)15-18(25)24(6-2)7-3)22-13-9-11-16-10-8-12-17(20)14-16/h8,10,12,14H,5-7,9,11,13,15H2,1-4H3,(H,21,22). The van der Waals surface area contributed by atoms with E-state index in [-0.39, 0.29) is 11.7 Å². The van der Waals surface area contributed by atoms with Crippen LogP contribution < -0.4 is 5.32 Å². The van der Waals surface area contributed by atoms with Gasteiger partial charge in [-0.15, -0.1) is 0 Å². The van der Waals surface area contributed by atoms with Crippen LogP contribution in [-0.4, -0.2) is 61.4 Å². The minimum atomic E-state index is -0.205. The largest absolute Gasteiger partial charge is 0.357 e. The molecule has 1 N–H and O–H groups in total. The molecule has 0 saturated heterocycles. The van der Waals surface area contributed by atoms with Crippen LogP contribution in [0.2, 0.25) is 0 Å². The zero-order valence-electron chi connectivity index (χ0n) is 15.9. The highest BCUT2D eigenvalue weighted by atomic mass is 19.1. The van der Waals surface area contributed by atoms with Crippen LogP contribution in [0.25, 0.3) is 0 Å². The quantitative estimate of drug-likeness (QED) is 0.423. The SMILES string of the molecule is CCNC(=NCCCc1cccc(F)c1)N(C)CC(=O)N(CC)CC. The zero-order valence-corrected chi connectivity index (χ0v) is 15.9. The van der Waals surface area contributed by atoms with Gasteiger partial charge in [0, 0.05) is 33.2 Å². The fraction of sp³-hybridized carbons (Fsp3) is 0.579. The van der Waals surface area contributed by atoms with Crippen LogP contribution in [0.15, 0.2) is 29.3 Å². The highest BCUT2D eigenvalue weighted by molar-refractivity contribution is 5.86. The number of benzene rings is 1. The van der Waals surface area contributed by atoms with E-state index in [1.165, 1.54) is 6.07 Å². The van der Waals surface area contributed by atoms with Gasteiger partial charge in [0.25, 0.3) is 0 Å². The molecule has 0 aliphatic carbocycles. The van der Waals surface area contributed by atoms with Gasteiger partial charge in [0.2, 0.25) is 5.91 Å². The van der Waals surface area contributed by atoms with Crippen molar-refractivity contribution in [1.82, 2.24) is 15.1 Å². The molecule has 1 amide bonds. The van der Waals surface area contributed by atoms with Crippen molar-refractivity contribution in [2.45, 2.75) is 33.6 Å². The molecule has 0 unspecified atom stereocenters. The number of likely N-dealkylation sites (N-methyl/N-ethyl adjacent to an activating group) is 2. The number of rotatable bonds is 9. The second kappa shape index (κ2) is 11.4. The van der Waals surface area contributed by atoms with E-state index in [1.54, 1.807) is 12.1 Å². The molecule has 25 heavy (non-hydrogen) atoms. The van der Waals surface area contributed by atoms with E-state index in [0.29, 0.717) is 26.2 Å². The Bertz CT molecular complexity index is 558. The fourth-order valence-corrected chi connectivity index (χ4v) is 2.58. The molecular weight excluding hydrogens is 319 g/mol. The second-order valence-electron chi connectivity index (χ2n) is 5.89. The first-order valence-corrected chi connectivity index (χ1v) is 9.03. The number of carbonyl (C=O) groups is 1.